The molecule has 2 N–H and O–H groups in total. The molecule has 0 unspecified atom stereocenters. The van der Waals surface area contributed by atoms with Crippen LogP contribution < -0.4 is 25.0 Å². The first-order valence-electron chi connectivity index (χ1n) is 10.1. The number of nitrogens with one attached hydrogen (secondary N) is 2. The van der Waals surface area contributed by atoms with E-state index >= 15 is 0 Å². The summed E-state index contributed by atoms with van der Waals surface area (Å²) >= 11 is 0. The van der Waals surface area contributed by atoms with Crippen molar-refractivity contribution >= 4 is 23.0 Å². The molecule has 0 aliphatic carbocycles. The van der Waals surface area contributed by atoms with E-state index in [1.54, 1.807) is 6.07 Å². The minimum absolute atomic E-state index is 0.0387. The molecule has 2 aliphatic heterocycles. The highest BCUT2D eigenvalue weighted by Crippen LogP contribution is 2.32. The maximum absolute atomic E-state index is 12.2. The first-order valence-corrected chi connectivity index (χ1v) is 10.1. The average Bonchev–Trinajstić information content (AvgIpc) is 2.75. The molecule has 0 radical (unpaired) electrons. The molecular formula is C22H28N4O3. The molecular weight excluding hydrogens is 368 g/mol. The Hall–Kier alpha value is -2.93. The molecule has 2 aromatic carbocycles. The zero-order valence-electron chi connectivity index (χ0n) is 16.8. The highest BCUT2D eigenvalue weighted by atomic mass is 16.6. The number of anilines is 3. The van der Waals surface area contributed by atoms with Gasteiger partial charge in [0.05, 0.1) is 0 Å². The number of ether oxygens (including phenoxy) is 2. The lowest BCUT2D eigenvalue weighted by molar-refractivity contribution is -0.115. The first-order chi connectivity index (χ1) is 14.2. The van der Waals surface area contributed by atoms with Gasteiger partial charge in [-0.05, 0) is 43.4 Å². The first kappa shape index (κ1) is 19.4. The van der Waals surface area contributed by atoms with Crippen molar-refractivity contribution in [1.82, 2.24) is 4.90 Å². The van der Waals surface area contributed by atoms with Gasteiger partial charge in [0.2, 0.25) is 5.91 Å². The Morgan fingerprint density at radius 2 is 1.62 bits per heavy atom. The quantitative estimate of drug-likeness (QED) is 0.783. The van der Waals surface area contributed by atoms with Crippen LogP contribution in [0, 0.1) is 0 Å². The summed E-state index contributed by atoms with van der Waals surface area (Å²) in [6, 6.07) is 13.9. The number of hydrogen-bond donors (Lipinski definition) is 2. The van der Waals surface area contributed by atoms with Gasteiger partial charge in [0.25, 0.3) is 0 Å². The fraction of sp³-hybridized carbons (Fsp3) is 0.409. The Labute approximate surface area is 171 Å². The van der Waals surface area contributed by atoms with E-state index < -0.39 is 0 Å². The lowest BCUT2D eigenvalue weighted by atomic mass is 10.2. The molecule has 1 saturated heterocycles. The van der Waals surface area contributed by atoms with Crippen LogP contribution in [0.1, 0.15) is 6.42 Å². The third-order valence-corrected chi connectivity index (χ3v) is 5.24. The molecule has 0 aromatic heterocycles. The molecule has 1 fully saturated rings. The van der Waals surface area contributed by atoms with Crippen LogP contribution in [-0.2, 0) is 4.79 Å². The molecule has 154 valence electrons. The highest BCUT2D eigenvalue weighted by Gasteiger charge is 2.14. The molecule has 0 saturated carbocycles. The van der Waals surface area contributed by atoms with Gasteiger partial charge in [-0.15, -0.1) is 0 Å². The van der Waals surface area contributed by atoms with E-state index in [2.05, 4.69) is 51.7 Å². The van der Waals surface area contributed by atoms with E-state index in [0.29, 0.717) is 31.9 Å². The number of amides is 1. The summed E-state index contributed by atoms with van der Waals surface area (Å²) in [6.45, 7) is 5.97. The number of benzene rings is 2. The Bertz CT molecular complexity index is 832. The van der Waals surface area contributed by atoms with Gasteiger partial charge < -0.3 is 29.9 Å². The molecule has 4 rings (SSSR count). The molecule has 2 heterocycles. The summed E-state index contributed by atoms with van der Waals surface area (Å²) in [5.41, 5.74) is 2.99. The van der Waals surface area contributed by atoms with Crippen LogP contribution in [0.4, 0.5) is 17.1 Å². The van der Waals surface area contributed by atoms with Crippen molar-refractivity contribution in [3.8, 4) is 11.5 Å². The van der Waals surface area contributed by atoms with Crippen LogP contribution in [-0.4, -0.2) is 63.8 Å². The normalized spacial score (nSPS) is 16.4. The summed E-state index contributed by atoms with van der Waals surface area (Å²) in [6.07, 6.45) is 0.384. The Balaban J connectivity index is 1.22. The minimum atomic E-state index is -0.0387. The van der Waals surface area contributed by atoms with Gasteiger partial charge in [0, 0.05) is 62.3 Å². The van der Waals surface area contributed by atoms with Crippen LogP contribution in [0.15, 0.2) is 42.5 Å². The number of carbonyl (C=O) groups excluding carboxylic acids is 1. The number of rotatable bonds is 6. The minimum Gasteiger partial charge on any atom is -0.486 e. The second-order valence-electron chi connectivity index (χ2n) is 7.42. The second kappa shape index (κ2) is 9.05. The number of fused-ring (bicyclic) bond motifs is 1. The second-order valence-corrected chi connectivity index (χ2v) is 7.42. The van der Waals surface area contributed by atoms with Crippen LogP contribution in [0.25, 0.3) is 0 Å². The van der Waals surface area contributed by atoms with Gasteiger partial charge in [0.1, 0.15) is 13.2 Å². The fourth-order valence-electron chi connectivity index (χ4n) is 3.52. The van der Waals surface area contributed by atoms with Crippen molar-refractivity contribution in [2.45, 2.75) is 6.42 Å². The number of nitrogens with zero attached hydrogens (tertiary/aromatic N) is 2. The number of carbonyl (C=O) groups is 1. The van der Waals surface area contributed by atoms with Gasteiger partial charge in [-0.25, -0.2) is 0 Å². The van der Waals surface area contributed by atoms with Crippen molar-refractivity contribution < 1.29 is 14.3 Å². The van der Waals surface area contributed by atoms with Gasteiger partial charge in [-0.3, -0.25) is 4.79 Å². The maximum atomic E-state index is 12.2. The third kappa shape index (κ3) is 5.12. The van der Waals surface area contributed by atoms with Crippen molar-refractivity contribution in [3.63, 3.8) is 0 Å². The van der Waals surface area contributed by atoms with E-state index in [-0.39, 0.29) is 5.91 Å². The average molecular weight is 396 g/mol. The lowest BCUT2D eigenvalue weighted by Gasteiger charge is -2.34. The smallest absolute Gasteiger partial charge is 0.226 e. The van der Waals surface area contributed by atoms with Gasteiger partial charge in [0.15, 0.2) is 11.5 Å². The summed E-state index contributed by atoms with van der Waals surface area (Å²) in [5.74, 6) is 1.35. The van der Waals surface area contributed by atoms with Crippen LogP contribution >= 0.6 is 0 Å². The van der Waals surface area contributed by atoms with Crippen LogP contribution in [0.2, 0.25) is 0 Å². The predicted molar refractivity (Wildman–Crippen MR) is 115 cm³/mol. The van der Waals surface area contributed by atoms with Gasteiger partial charge in [-0.1, -0.05) is 0 Å². The molecule has 0 spiro atoms. The van der Waals surface area contributed by atoms with Crippen molar-refractivity contribution in [2.24, 2.45) is 0 Å². The topological polar surface area (TPSA) is 66.1 Å². The largest absolute Gasteiger partial charge is 0.486 e. The monoisotopic (exact) mass is 396 g/mol. The standard InChI is InChI=1S/C22H28N4O3/c1-25-10-12-26(13-11-25)19-5-2-17(3-6-19)23-9-8-22(27)24-18-4-7-20-21(16-18)29-15-14-28-20/h2-7,16,23H,8-15H2,1H3,(H,24,27). The van der Waals surface area contributed by atoms with Crippen molar-refractivity contribution in [2.75, 3.05) is 68.5 Å². The van der Waals surface area contributed by atoms with Crippen molar-refractivity contribution in [1.29, 1.82) is 0 Å². The zero-order chi connectivity index (χ0) is 20.1. The molecule has 2 aromatic rings. The highest BCUT2D eigenvalue weighted by molar-refractivity contribution is 5.91. The Morgan fingerprint density at radius 3 is 2.38 bits per heavy atom. The summed E-state index contributed by atoms with van der Waals surface area (Å²) in [4.78, 5) is 17.0. The maximum Gasteiger partial charge on any atom is 0.226 e. The van der Waals surface area contributed by atoms with E-state index in [4.69, 9.17) is 9.47 Å². The molecule has 0 atom stereocenters. The predicted octanol–water partition coefficient (Wildman–Crippen LogP) is 2.65. The number of hydrogen-bond acceptors (Lipinski definition) is 6. The Morgan fingerprint density at radius 1 is 0.931 bits per heavy atom. The van der Waals surface area contributed by atoms with E-state index in [9.17, 15) is 4.79 Å². The van der Waals surface area contributed by atoms with Gasteiger partial charge >= 0.3 is 0 Å². The van der Waals surface area contributed by atoms with Crippen LogP contribution in [0.3, 0.4) is 0 Å². The van der Waals surface area contributed by atoms with Crippen LogP contribution in [0.5, 0.6) is 11.5 Å². The van der Waals surface area contributed by atoms with Gasteiger partial charge in [-0.2, -0.15) is 0 Å². The van der Waals surface area contributed by atoms with E-state index in [0.717, 1.165) is 43.3 Å². The summed E-state index contributed by atoms with van der Waals surface area (Å²) in [7, 11) is 2.16. The van der Waals surface area contributed by atoms with E-state index in [1.165, 1.54) is 5.69 Å². The molecule has 2 aliphatic rings. The fourth-order valence-corrected chi connectivity index (χ4v) is 3.52. The molecule has 7 heteroatoms. The number of piperazine rings is 1. The van der Waals surface area contributed by atoms with E-state index in [1.807, 2.05) is 12.1 Å². The molecule has 0 bridgehead atoms. The molecule has 7 nitrogen and oxygen atoms in total. The Kier molecular flexibility index (Phi) is 6.05. The summed E-state index contributed by atoms with van der Waals surface area (Å²) in [5, 5.41) is 6.23. The summed E-state index contributed by atoms with van der Waals surface area (Å²) < 4.78 is 11.0. The molecule has 29 heavy (non-hydrogen) atoms. The molecule has 1 amide bonds. The number of likely N-dealkylation sites (N-methyl/N-ethyl adjacent to an activating group) is 1. The third-order valence-electron chi connectivity index (χ3n) is 5.24. The SMILES string of the molecule is CN1CCN(c2ccc(NCCC(=O)Nc3ccc4c(c3)OCCO4)cc2)CC1. The lowest BCUT2D eigenvalue weighted by Crippen LogP contribution is -2.44. The zero-order valence-corrected chi connectivity index (χ0v) is 16.8. The van der Waals surface area contributed by atoms with Crippen molar-refractivity contribution in [3.05, 3.63) is 42.5 Å².